The van der Waals surface area contributed by atoms with Gasteiger partial charge in [-0.3, -0.25) is 4.72 Å². The van der Waals surface area contributed by atoms with Crippen molar-refractivity contribution in [2.24, 2.45) is 5.92 Å². The molecule has 0 radical (unpaired) electrons. The van der Waals surface area contributed by atoms with Crippen molar-refractivity contribution in [2.75, 3.05) is 22.7 Å². The Bertz CT molecular complexity index is 984. The lowest BCUT2D eigenvalue weighted by Crippen LogP contribution is -2.35. The molecule has 7 heteroatoms. The van der Waals surface area contributed by atoms with E-state index < -0.39 is 16.0 Å². The lowest BCUT2D eigenvalue weighted by atomic mass is 9.99. The first-order chi connectivity index (χ1) is 13.7. The molecule has 29 heavy (non-hydrogen) atoms. The number of piperidine rings is 1. The largest absolute Gasteiger partial charge is 0.478 e. The molecular weight excluding hydrogens is 388 g/mol. The molecular formula is C22H28N2O4S. The molecule has 1 fully saturated rings. The highest BCUT2D eigenvalue weighted by Gasteiger charge is 2.23. The zero-order chi connectivity index (χ0) is 21.2. The van der Waals surface area contributed by atoms with Gasteiger partial charge in [0.25, 0.3) is 10.0 Å². The van der Waals surface area contributed by atoms with Crippen molar-refractivity contribution in [3.8, 4) is 0 Å². The predicted octanol–water partition coefficient (Wildman–Crippen LogP) is 4.55. The van der Waals surface area contributed by atoms with Crippen molar-refractivity contribution in [3.63, 3.8) is 0 Å². The van der Waals surface area contributed by atoms with Gasteiger partial charge in [0.05, 0.1) is 21.8 Å². The minimum atomic E-state index is -3.84. The second-order valence-corrected chi connectivity index (χ2v) is 9.74. The number of nitrogens with one attached hydrogen (secondary N) is 1. The fourth-order valence-electron chi connectivity index (χ4n) is 3.67. The van der Waals surface area contributed by atoms with E-state index in [1.165, 1.54) is 12.1 Å². The van der Waals surface area contributed by atoms with Crippen LogP contribution in [0.25, 0.3) is 0 Å². The minimum absolute atomic E-state index is 0.0478. The number of anilines is 2. The van der Waals surface area contributed by atoms with Gasteiger partial charge >= 0.3 is 5.97 Å². The van der Waals surface area contributed by atoms with Crippen LogP contribution in [0.2, 0.25) is 0 Å². The van der Waals surface area contributed by atoms with E-state index >= 15 is 0 Å². The van der Waals surface area contributed by atoms with Crippen molar-refractivity contribution < 1.29 is 18.3 Å². The van der Waals surface area contributed by atoms with Gasteiger partial charge in [0.2, 0.25) is 0 Å². The number of nitrogens with zero attached hydrogens (tertiary/aromatic N) is 1. The fraction of sp³-hybridized carbons (Fsp3) is 0.409. The summed E-state index contributed by atoms with van der Waals surface area (Å²) in [5.41, 5.74) is 2.11. The second kappa shape index (κ2) is 8.45. The third-order valence-electron chi connectivity index (χ3n) is 5.34. The lowest BCUT2D eigenvalue weighted by Gasteiger charge is -2.34. The lowest BCUT2D eigenvalue weighted by molar-refractivity contribution is 0.0697. The first kappa shape index (κ1) is 21.2. The molecule has 2 aromatic carbocycles. The van der Waals surface area contributed by atoms with Gasteiger partial charge in [-0.15, -0.1) is 0 Å². The van der Waals surface area contributed by atoms with E-state index in [9.17, 15) is 18.3 Å². The highest BCUT2D eigenvalue weighted by molar-refractivity contribution is 7.92. The Morgan fingerprint density at radius 3 is 2.45 bits per heavy atom. The Hall–Kier alpha value is -2.54. The topological polar surface area (TPSA) is 86.7 Å². The molecule has 0 aromatic heterocycles. The summed E-state index contributed by atoms with van der Waals surface area (Å²) in [6.45, 7) is 7.88. The molecule has 2 N–H and O–H groups in total. The summed E-state index contributed by atoms with van der Waals surface area (Å²) in [6.07, 6.45) is 2.15. The standard InChI is InChI=1S/C22H28N2O4S/c1-15(2)17-6-9-19(10-7-17)29(27,28)23-20-13-18(22(25)26)8-11-21(20)24-12-4-5-16(3)14-24/h6-11,13,15-16,23H,4-5,12,14H2,1-3H3,(H,25,26)/t16-/m0/s1. The van der Waals surface area contributed by atoms with Crippen molar-refractivity contribution in [1.29, 1.82) is 0 Å². The molecule has 0 saturated carbocycles. The summed E-state index contributed by atoms with van der Waals surface area (Å²) in [5, 5.41) is 9.36. The molecule has 1 aliphatic rings. The van der Waals surface area contributed by atoms with Crippen LogP contribution in [0.15, 0.2) is 47.4 Å². The maximum absolute atomic E-state index is 13.0. The summed E-state index contributed by atoms with van der Waals surface area (Å²) < 4.78 is 28.6. The number of hydrogen-bond donors (Lipinski definition) is 2. The smallest absolute Gasteiger partial charge is 0.335 e. The van der Waals surface area contributed by atoms with E-state index in [2.05, 4.69) is 16.5 Å². The Morgan fingerprint density at radius 2 is 1.86 bits per heavy atom. The van der Waals surface area contributed by atoms with E-state index in [1.54, 1.807) is 30.3 Å². The summed E-state index contributed by atoms with van der Waals surface area (Å²) in [6, 6.07) is 11.4. The van der Waals surface area contributed by atoms with Crippen LogP contribution in [-0.2, 0) is 10.0 Å². The number of rotatable bonds is 6. The predicted molar refractivity (Wildman–Crippen MR) is 115 cm³/mol. The van der Waals surface area contributed by atoms with E-state index in [4.69, 9.17) is 0 Å². The number of carboxylic acids is 1. The third kappa shape index (κ3) is 4.90. The molecule has 0 aliphatic carbocycles. The number of benzene rings is 2. The number of carbonyl (C=O) groups is 1. The Labute approximate surface area is 172 Å². The van der Waals surface area contributed by atoms with E-state index in [1.807, 2.05) is 13.8 Å². The van der Waals surface area contributed by atoms with Gasteiger partial charge in [0.1, 0.15) is 0 Å². The molecule has 156 valence electrons. The molecule has 1 heterocycles. The number of sulfonamides is 1. The monoisotopic (exact) mass is 416 g/mol. The zero-order valence-corrected chi connectivity index (χ0v) is 17.9. The normalized spacial score (nSPS) is 17.4. The van der Waals surface area contributed by atoms with Crippen LogP contribution in [0, 0.1) is 5.92 Å². The van der Waals surface area contributed by atoms with Gasteiger partial charge < -0.3 is 10.0 Å². The maximum atomic E-state index is 13.0. The van der Waals surface area contributed by atoms with Gasteiger partial charge in [0.15, 0.2) is 0 Å². The number of aromatic carboxylic acids is 1. The number of carboxylic acid groups (broad SMARTS) is 1. The fourth-order valence-corrected chi connectivity index (χ4v) is 4.74. The van der Waals surface area contributed by atoms with Gasteiger partial charge in [0, 0.05) is 13.1 Å². The zero-order valence-electron chi connectivity index (χ0n) is 17.1. The van der Waals surface area contributed by atoms with Crippen molar-refractivity contribution in [1.82, 2.24) is 0 Å². The molecule has 0 bridgehead atoms. The van der Waals surface area contributed by atoms with Crippen molar-refractivity contribution >= 4 is 27.4 Å². The van der Waals surface area contributed by atoms with Crippen LogP contribution < -0.4 is 9.62 Å². The molecule has 2 aromatic rings. The van der Waals surface area contributed by atoms with Crippen molar-refractivity contribution in [3.05, 3.63) is 53.6 Å². The molecule has 6 nitrogen and oxygen atoms in total. The van der Waals surface area contributed by atoms with E-state index in [-0.39, 0.29) is 10.5 Å². The van der Waals surface area contributed by atoms with E-state index in [0.717, 1.165) is 31.5 Å². The quantitative estimate of drug-likeness (QED) is 0.722. The summed E-state index contributed by atoms with van der Waals surface area (Å²) in [5.74, 6) is -0.291. The first-order valence-electron chi connectivity index (χ1n) is 9.92. The maximum Gasteiger partial charge on any atom is 0.335 e. The van der Waals surface area contributed by atoms with Crippen LogP contribution in [-0.4, -0.2) is 32.6 Å². The van der Waals surface area contributed by atoms with Crippen molar-refractivity contribution in [2.45, 2.75) is 44.4 Å². The molecule has 0 spiro atoms. The summed E-state index contributed by atoms with van der Waals surface area (Å²) in [4.78, 5) is 13.7. The third-order valence-corrected chi connectivity index (χ3v) is 6.72. The van der Waals surface area contributed by atoms with Crippen LogP contribution >= 0.6 is 0 Å². The second-order valence-electron chi connectivity index (χ2n) is 8.06. The summed E-state index contributed by atoms with van der Waals surface area (Å²) >= 11 is 0. The molecule has 0 amide bonds. The highest BCUT2D eigenvalue weighted by atomic mass is 32.2. The minimum Gasteiger partial charge on any atom is -0.478 e. The van der Waals surface area contributed by atoms with Crippen LogP contribution in [0.1, 0.15) is 55.5 Å². The molecule has 3 rings (SSSR count). The Kier molecular flexibility index (Phi) is 6.17. The average molecular weight is 417 g/mol. The van der Waals surface area contributed by atoms with Crippen LogP contribution in [0.4, 0.5) is 11.4 Å². The average Bonchev–Trinajstić information content (AvgIpc) is 2.67. The highest BCUT2D eigenvalue weighted by Crippen LogP contribution is 2.32. The Balaban J connectivity index is 1.96. The van der Waals surface area contributed by atoms with Gasteiger partial charge in [-0.05, 0) is 60.6 Å². The van der Waals surface area contributed by atoms with Crippen LogP contribution in [0.5, 0.6) is 0 Å². The molecule has 1 saturated heterocycles. The molecule has 1 aliphatic heterocycles. The van der Waals surface area contributed by atoms with Crippen LogP contribution in [0.3, 0.4) is 0 Å². The van der Waals surface area contributed by atoms with Gasteiger partial charge in [-0.2, -0.15) is 0 Å². The van der Waals surface area contributed by atoms with E-state index in [0.29, 0.717) is 23.2 Å². The Morgan fingerprint density at radius 1 is 1.17 bits per heavy atom. The number of hydrogen-bond acceptors (Lipinski definition) is 4. The van der Waals surface area contributed by atoms with Gasteiger partial charge in [-0.25, -0.2) is 13.2 Å². The first-order valence-corrected chi connectivity index (χ1v) is 11.4. The summed E-state index contributed by atoms with van der Waals surface area (Å²) in [7, 11) is -3.84. The molecule has 0 unspecified atom stereocenters. The molecule has 1 atom stereocenters. The van der Waals surface area contributed by atoms with Gasteiger partial charge in [-0.1, -0.05) is 32.9 Å². The SMILES string of the molecule is CC(C)c1ccc(S(=O)(=O)Nc2cc(C(=O)O)ccc2N2CCC[C@H](C)C2)cc1.